The number of benzene rings is 1. The molecule has 1 rings (SSSR count). The number of anilines is 2. The van der Waals surface area contributed by atoms with E-state index in [9.17, 15) is 9.59 Å². The molecule has 1 aromatic carbocycles. The molecule has 0 atom stereocenters. The van der Waals surface area contributed by atoms with E-state index in [0.29, 0.717) is 17.8 Å². The van der Waals surface area contributed by atoms with Gasteiger partial charge in [0.25, 0.3) is 0 Å². The molecule has 0 aliphatic carbocycles. The summed E-state index contributed by atoms with van der Waals surface area (Å²) in [5.74, 6) is -0.297. The van der Waals surface area contributed by atoms with Crippen LogP contribution in [-0.2, 0) is 9.59 Å². The van der Waals surface area contributed by atoms with Crippen molar-refractivity contribution in [3.8, 4) is 0 Å². The molecule has 114 valence electrons. The third-order valence-corrected chi connectivity index (χ3v) is 2.85. The summed E-state index contributed by atoms with van der Waals surface area (Å²) in [6.07, 6.45) is 1.29. The minimum atomic E-state index is -0.139. The van der Waals surface area contributed by atoms with Crippen molar-refractivity contribution < 1.29 is 9.59 Å². The molecule has 0 fully saturated rings. The van der Waals surface area contributed by atoms with E-state index in [1.165, 1.54) is 0 Å². The van der Waals surface area contributed by atoms with E-state index in [-0.39, 0.29) is 22.8 Å². The number of amides is 2. The average molecular weight is 307 g/mol. The van der Waals surface area contributed by atoms with Gasteiger partial charge in [0, 0.05) is 23.7 Å². The Morgan fingerprint density at radius 3 is 2.38 bits per heavy atom. The first-order chi connectivity index (χ1) is 9.92. The Balaban J connectivity index is 2.62. The van der Waals surface area contributed by atoms with E-state index >= 15 is 0 Å². The summed E-state index contributed by atoms with van der Waals surface area (Å²) in [7, 11) is 0. The van der Waals surface area contributed by atoms with Crippen molar-refractivity contribution in [2.45, 2.75) is 33.6 Å². The first-order valence-corrected chi connectivity index (χ1v) is 7.35. The summed E-state index contributed by atoms with van der Waals surface area (Å²) in [6.45, 7) is 5.54. The van der Waals surface area contributed by atoms with Crippen molar-refractivity contribution in [2.24, 2.45) is 5.92 Å². The van der Waals surface area contributed by atoms with Gasteiger partial charge >= 0.3 is 0 Å². The highest BCUT2D eigenvalue weighted by Crippen LogP contribution is 2.15. The molecule has 6 heteroatoms. The fourth-order valence-electron chi connectivity index (χ4n) is 1.54. The van der Waals surface area contributed by atoms with Crippen LogP contribution in [0, 0.1) is 5.92 Å². The summed E-state index contributed by atoms with van der Waals surface area (Å²) in [6, 6.07) is 7.18. The van der Waals surface area contributed by atoms with Gasteiger partial charge in [-0.15, -0.1) is 0 Å². The summed E-state index contributed by atoms with van der Waals surface area (Å²) in [5.41, 5.74) is 1.40. The number of nitrogens with one attached hydrogen (secondary N) is 3. The van der Waals surface area contributed by atoms with Gasteiger partial charge in [0.1, 0.15) is 0 Å². The lowest BCUT2D eigenvalue weighted by molar-refractivity contribution is -0.122. The SMILES string of the molecule is CCCC(=O)Nc1cccc(NC(=S)NC(=O)C(C)C)c1. The van der Waals surface area contributed by atoms with Gasteiger partial charge in [-0.3, -0.25) is 9.59 Å². The molecule has 0 heterocycles. The highest BCUT2D eigenvalue weighted by molar-refractivity contribution is 7.80. The summed E-state index contributed by atoms with van der Waals surface area (Å²) < 4.78 is 0. The maximum atomic E-state index is 11.6. The molecule has 0 aliphatic heterocycles. The summed E-state index contributed by atoms with van der Waals surface area (Å²) >= 11 is 5.07. The Bertz CT molecular complexity index is 529. The van der Waals surface area contributed by atoms with E-state index in [2.05, 4.69) is 16.0 Å². The number of hydrogen-bond acceptors (Lipinski definition) is 3. The molecule has 0 unspecified atom stereocenters. The molecule has 0 saturated carbocycles. The predicted molar refractivity (Wildman–Crippen MR) is 89.2 cm³/mol. The summed E-state index contributed by atoms with van der Waals surface area (Å²) in [5, 5.41) is 8.57. The van der Waals surface area contributed by atoms with E-state index in [1.54, 1.807) is 32.0 Å². The zero-order valence-electron chi connectivity index (χ0n) is 12.5. The normalized spacial score (nSPS) is 10.1. The standard InChI is InChI=1S/C15H21N3O2S/c1-4-6-13(19)16-11-7-5-8-12(9-11)17-15(21)18-14(20)10(2)3/h5,7-10H,4,6H2,1-3H3,(H,16,19)(H2,17,18,20,21). The van der Waals surface area contributed by atoms with E-state index in [0.717, 1.165) is 6.42 Å². The van der Waals surface area contributed by atoms with Gasteiger partial charge in [0.05, 0.1) is 0 Å². The van der Waals surface area contributed by atoms with Crippen molar-refractivity contribution >= 4 is 40.5 Å². The molecule has 3 N–H and O–H groups in total. The molecular weight excluding hydrogens is 286 g/mol. The van der Waals surface area contributed by atoms with Crippen molar-refractivity contribution in [2.75, 3.05) is 10.6 Å². The molecule has 2 amide bonds. The Hall–Kier alpha value is -1.95. The van der Waals surface area contributed by atoms with Crippen LogP contribution in [-0.4, -0.2) is 16.9 Å². The van der Waals surface area contributed by atoms with Crippen LogP contribution in [0.3, 0.4) is 0 Å². The minimum absolute atomic E-state index is 0.0228. The second kappa shape index (κ2) is 8.36. The van der Waals surface area contributed by atoms with Crippen LogP contribution in [0.2, 0.25) is 0 Å². The molecule has 0 bridgehead atoms. The smallest absolute Gasteiger partial charge is 0.228 e. The van der Waals surface area contributed by atoms with Crippen molar-refractivity contribution in [3.63, 3.8) is 0 Å². The highest BCUT2D eigenvalue weighted by Gasteiger charge is 2.09. The Labute approximate surface area is 130 Å². The molecule has 0 aliphatic rings. The zero-order chi connectivity index (χ0) is 15.8. The maximum absolute atomic E-state index is 11.6. The third-order valence-electron chi connectivity index (χ3n) is 2.64. The molecule has 21 heavy (non-hydrogen) atoms. The van der Waals surface area contributed by atoms with Crippen LogP contribution in [0.25, 0.3) is 0 Å². The lowest BCUT2D eigenvalue weighted by Crippen LogP contribution is -2.36. The number of carbonyl (C=O) groups is 2. The number of thiocarbonyl (C=S) groups is 1. The van der Waals surface area contributed by atoms with Gasteiger partial charge in [-0.2, -0.15) is 0 Å². The molecule has 5 nitrogen and oxygen atoms in total. The molecule has 0 spiro atoms. The molecule has 0 aromatic heterocycles. The van der Waals surface area contributed by atoms with E-state index in [1.807, 2.05) is 13.0 Å². The molecule has 0 saturated heterocycles. The highest BCUT2D eigenvalue weighted by atomic mass is 32.1. The van der Waals surface area contributed by atoms with Crippen LogP contribution >= 0.6 is 12.2 Å². The topological polar surface area (TPSA) is 70.2 Å². The maximum Gasteiger partial charge on any atom is 0.228 e. The number of hydrogen-bond donors (Lipinski definition) is 3. The average Bonchev–Trinajstić information content (AvgIpc) is 2.38. The zero-order valence-corrected chi connectivity index (χ0v) is 13.3. The van der Waals surface area contributed by atoms with Gasteiger partial charge < -0.3 is 16.0 Å². The van der Waals surface area contributed by atoms with Crippen LogP contribution in [0.4, 0.5) is 11.4 Å². The number of carbonyl (C=O) groups excluding carboxylic acids is 2. The Morgan fingerprint density at radius 2 is 1.81 bits per heavy atom. The molecule has 1 aromatic rings. The van der Waals surface area contributed by atoms with Crippen molar-refractivity contribution in [3.05, 3.63) is 24.3 Å². The van der Waals surface area contributed by atoms with E-state index in [4.69, 9.17) is 12.2 Å². The second-order valence-electron chi connectivity index (χ2n) is 4.98. The summed E-state index contributed by atoms with van der Waals surface area (Å²) in [4.78, 5) is 23.1. The minimum Gasteiger partial charge on any atom is -0.332 e. The largest absolute Gasteiger partial charge is 0.332 e. The van der Waals surface area contributed by atoms with Gasteiger partial charge in [-0.1, -0.05) is 26.8 Å². The van der Waals surface area contributed by atoms with Crippen molar-refractivity contribution in [1.29, 1.82) is 0 Å². The number of rotatable bonds is 5. The van der Waals surface area contributed by atoms with Crippen LogP contribution in [0.5, 0.6) is 0 Å². The fraction of sp³-hybridized carbons (Fsp3) is 0.400. The van der Waals surface area contributed by atoms with Crippen LogP contribution in [0.15, 0.2) is 24.3 Å². The lowest BCUT2D eigenvalue weighted by atomic mass is 10.2. The van der Waals surface area contributed by atoms with Gasteiger partial charge in [0.15, 0.2) is 5.11 Å². The van der Waals surface area contributed by atoms with Crippen LogP contribution < -0.4 is 16.0 Å². The third kappa shape index (κ3) is 6.35. The quantitative estimate of drug-likeness (QED) is 0.732. The Kier molecular flexibility index (Phi) is 6.81. The predicted octanol–water partition coefficient (Wildman–Crippen LogP) is 2.89. The van der Waals surface area contributed by atoms with E-state index < -0.39 is 0 Å². The van der Waals surface area contributed by atoms with Gasteiger partial charge in [-0.25, -0.2) is 0 Å². The first-order valence-electron chi connectivity index (χ1n) is 6.94. The monoisotopic (exact) mass is 307 g/mol. The lowest BCUT2D eigenvalue weighted by Gasteiger charge is -2.12. The first kappa shape index (κ1) is 17.1. The Morgan fingerprint density at radius 1 is 1.19 bits per heavy atom. The second-order valence-corrected chi connectivity index (χ2v) is 5.39. The van der Waals surface area contributed by atoms with Gasteiger partial charge in [-0.05, 0) is 36.8 Å². The van der Waals surface area contributed by atoms with Crippen LogP contribution in [0.1, 0.15) is 33.6 Å². The molecule has 0 radical (unpaired) electrons. The molecular formula is C15H21N3O2S. The fourth-order valence-corrected chi connectivity index (χ4v) is 1.76. The van der Waals surface area contributed by atoms with Gasteiger partial charge in [0.2, 0.25) is 11.8 Å². The van der Waals surface area contributed by atoms with Crippen molar-refractivity contribution in [1.82, 2.24) is 5.32 Å².